The van der Waals surface area contributed by atoms with Crippen LogP contribution in [0.1, 0.15) is 18.1 Å². The molecule has 0 amide bonds. The second kappa shape index (κ2) is 7.35. The van der Waals surface area contributed by atoms with E-state index in [0.717, 1.165) is 0 Å². The highest BCUT2D eigenvalue weighted by atomic mass is 19.4. The average Bonchev–Trinajstić information content (AvgIpc) is 2.41. The summed E-state index contributed by atoms with van der Waals surface area (Å²) in [5, 5.41) is 9.94. The highest BCUT2D eigenvalue weighted by molar-refractivity contribution is 5.41. The smallest absolute Gasteiger partial charge is 0.411 e. The molecule has 0 spiro atoms. The summed E-state index contributed by atoms with van der Waals surface area (Å²) in [6.07, 6.45) is -5.29. The number of aliphatic hydroxyl groups is 1. The van der Waals surface area contributed by atoms with E-state index in [2.05, 4.69) is 4.74 Å². The van der Waals surface area contributed by atoms with Gasteiger partial charge in [0.05, 0.1) is 20.3 Å². The van der Waals surface area contributed by atoms with Gasteiger partial charge in [0, 0.05) is 24.7 Å². The third kappa shape index (κ3) is 5.26. The third-order valence-electron chi connectivity index (χ3n) is 2.60. The molecule has 0 radical (unpaired) electrons. The topological polar surface area (TPSA) is 47.9 Å². The van der Waals surface area contributed by atoms with Gasteiger partial charge in [-0.3, -0.25) is 0 Å². The predicted molar refractivity (Wildman–Crippen MR) is 66.0 cm³/mol. The van der Waals surface area contributed by atoms with Crippen molar-refractivity contribution in [1.29, 1.82) is 0 Å². The molecular weight excluding hydrogens is 277 g/mol. The molecule has 1 atom stereocenters. The van der Waals surface area contributed by atoms with E-state index in [0.29, 0.717) is 17.1 Å². The van der Waals surface area contributed by atoms with Gasteiger partial charge in [0.15, 0.2) is 0 Å². The van der Waals surface area contributed by atoms with Gasteiger partial charge < -0.3 is 19.3 Å². The van der Waals surface area contributed by atoms with Crippen LogP contribution < -0.4 is 9.47 Å². The Bertz CT molecular complexity index is 421. The maximum Gasteiger partial charge on any atom is 0.411 e. The molecule has 0 saturated heterocycles. The van der Waals surface area contributed by atoms with Gasteiger partial charge >= 0.3 is 6.18 Å². The maximum atomic E-state index is 11.9. The van der Waals surface area contributed by atoms with E-state index in [1.807, 2.05) is 0 Å². The minimum Gasteiger partial charge on any atom is -0.497 e. The number of ether oxygens (including phenoxy) is 3. The van der Waals surface area contributed by atoms with E-state index in [9.17, 15) is 18.3 Å². The fourth-order valence-corrected chi connectivity index (χ4v) is 1.63. The van der Waals surface area contributed by atoms with Crippen molar-refractivity contribution in [1.82, 2.24) is 0 Å². The Hall–Kier alpha value is -1.47. The predicted octanol–water partition coefficient (Wildman–Crippen LogP) is 2.71. The monoisotopic (exact) mass is 294 g/mol. The molecule has 1 unspecified atom stereocenters. The molecule has 0 aliphatic carbocycles. The van der Waals surface area contributed by atoms with Crippen LogP contribution in [0.3, 0.4) is 0 Å². The Morgan fingerprint density at radius 3 is 2.45 bits per heavy atom. The van der Waals surface area contributed by atoms with Gasteiger partial charge in [0.25, 0.3) is 0 Å². The Labute approximate surface area is 115 Å². The summed E-state index contributed by atoms with van der Waals surface area (Å²) < 4.78 is 50.2. The lowest BCUT2D eigenvalue weighted by atomic mass is 10.1. The molecule has 1 aromatic carbocycles. The minimum atomic E-state index is -4.36. The first-order chi connectivity index (χ1) is 9.37. The van der Waals surface area contributed by atoms with Crippen LogP contribution in [0, 0.1) is 0 Å². The van der Waals surface area contributed by atoms with Crippen LogP contribution in [0.15, 0.2) is 18.2 Å². The van der Waals surface area contributed by atoms with E-state index in [-0.39, 0.29) is 13.0 Å². The first-order valence-corrected chi connectivity index (χ1v) is 5.92. The zero-order valence-corrected chi connectivity index (χ0v) is 11.2. The molecule has 1 N–H and O–H groups in total. The van der Waals surface area contributed by atoms with Crippen molar-refractivity contribution in [2.75, 3.05) is 27.4 Å². The summed E-state index contributed by atoms with van der Waals surface area (Å²) in [4.78, 5) is 0. The van der Waals surface area contributed by atoms with Gasteiger partial charge in [-0.15, -0.1) is 0 Å². The largest absolute Gasteiger partial charge is 0.497 e. The molecule has 1 rings (SSSR count). The van der Waals surface area contributed by atoms with Gasteiger partial charge in [-0.05, 0) is 12.1 Å². The first-order valence-electron chi connectivity index (χ1n) is 5.92. The number of benzene rings is 1. The number of hydrogen-bond acceptors (Lipinski definition) is 4. The lowest BCUT2D eigenvalue weighted by Crippen LogP contribution is -2.18. The van der Waals surface area contributed by atoms with Crippen LogP contribution in [0.25, 0.3) is 0 Å². The fraction of sp³-hybridized carbons (Fsp3) is 0.538. The molecule has 0 saturated carbocycles. The molecular formula is C13H17F3O4. The Morgan fingerprint density at radius 2 is 1.90 bits per heavy atom. The second-order valence-corrected chi connectivity index (χ2v) is 4.08. The van der Waals surface area contributed by atoms with Gasteiger partial charge in [-0.1, -0.05) is 0 Å². The van der Waals surface area contributed by atoms with E-state index < -0.39 is 18.9 Å². The molecule has 0 aliphatic heterocycles. The van der Waals surface area contributed by atoms with Crippen LogP contribution in [0.4, 0.5) is 13.2 Å². The van der Waals surface area contributed by atoms with Crippen molar-refractivity contribution in [3.8, 4) is 11.5 Å². The zero-order valence-electron chi connectivity index (χ0n) is 11.2. The standard InChI is InChI=1S/C13H17F3O4/c1-18-9-3-4-10(12(7-9)19-2)11(17)5-6-20-8-13(14,15)16/h3-4,7,11,17H,5-6,8H2,1-2H3. The summed E-state index contributed by atoms with van der Waals surface area (Å²) in [5.74, 6) is 0.971. The number of hydrogen-bond donors (Lipinski definition) is 1. The summed E-state index contributed by atoms with van der Waals surface area (Å²) >= 11 is 0. The molecule has 0 aliphatic rings. The number of alkyl halides is 3. The highest BCUT2D eigenvalue weighted by Gasteiger charge is 2.27. The Morgan fingerprint density at radius 1 is 1.20 bits per heavy atom. The van der Waals surface area contributed by atoms with Crippen LogP contribution >= 0.6 is 0 Å². The first kappa shape index (κ1) is 16.6. The van der Waals surface area contributed by atoms with Crippen molar-refractivity contribution in [2.45, 2.75) is 18.7 Å². The molecule has 114 valence electrons. The SMILES string of the molecule is COc1ccc(C(O)CCOCC(F)(F)F)c(OC)c1. The highest BCUT2D eigenvalue weighted by Crippen LogP contribution is 2.31. The van der Waals surface area contributed by atoms with E-state index in [1.54, 1.807) is 18.2 Å². The molecule has 0 fully saturated rings. The van der Waals surface area contributed by atoms with Crippen LogP contribution in [-0.2, 0) is 4.74 Å². The van der Waals surface area contributed by atoms with E-state index in [4.69, 9.17) is 9.47 Å². The normalized spacial score (nSPS) is 13.1. The van der Waals surface area contributed by atoms with Crippen molar-refractivity contribution in [3.63, 3.8) is 0 Å². The van der Waals surface area contributed by atoms with Crippen LogP contribution in [0.5, 0.6) is 11.5 Å². The van der Waals surface area contributed by atoms with Gasteiger partial charge in [-0.25, -0.2) is 0 Å². The maximum absolute atomic E-state index is 11.9. The second-order valence-electron chi connectivity index (χ2n) is 4.08. The van der Waals surface area contributed by atoms with Crippen molar-refractivity contribution in [2.24, 2.45) is 0 Å². The summed E-state index contributed by atoms with van der Waals surface area (Å²) in [6, 6.07) is 4.83. The fourth-order valence-electron chi connectivity index (χ4n) is 1.63. The van der Waals surface area contributed by atoms with Gasteiger partial charge in [0.2, 0.25) is 0 Å². The van der Waals surface area contributed by atoms with Crippen molar-refractivity contribution in [3.05, 3.63) is 23.8 Å². The molecule has 4 nitrogen and oxygen atoms in total. The Kier molecular flexibility index (Phi) is 6.09. The lowest BCUT2D eigenvalue weighted by molar-refractivity contribution is -0.175. The van der Waals surface area contributed by atoms with E-state index in [1.165, 1.54) is 14.2 Å². The van der Waals surface area contributed by atoms with Gasteiger partial charge in [0.1, 0.15) is 18.1 Å². The zero-order chi connectivity index (χ0) is 15.2. The van der Waals surface area contributed by atoms with Gasteiger partial charge in [-0.2, -0.15) is 13.2 Å². The van der Waals surface area contributed by atoms with Crippen LogP contribution in [-0.4, -0.2) is 38.7 Å². The molecule has 0 bridgehead atoms. The number of halogens is 3. The molecule has 1 aromatic rings. The van der Waals surface area contributed by atoms with Crippen molar-refractivity contribution < 1.29 is 32.5 Å². The van der Waals surface area contributed by atoms with Crippen molar-refractivity contribution >= 4 is 0 Å². The minimum absolute atomic E-state index is 0.0404. The molecule has 0 heterocycles. The summed E-state index contributed by atoms with van der Waals surface area (Å²) in [5.41, 5.74) is 0.476. The molecule has 20 heavy (non-hydrogen) atoms. The quantitative estimate of drug-likeness (QED) is 0.786. The molecule has 7 heteroatoms. The number of methoxy groups -OCH3 is 2. The third-order valence-corrected chi connectivity index (χ3v) is 2.60. The lowest BCUT2D eigenvalue weighted by Gasteiger charge is -2.16. The summed E-state index contributed by atoms with van der Waals surface area (Å²) in [7, 11) is 2.93. The van der Waals surface area contributed by atoms with Crippen LogP contribution in [0.2, 0.25) is 0 Å². The van der Waals surface area contributed by atoms with E-state index >= 15 is 0 Å². The Balaban J connectivity index is 2.56. The summed E-state index contributed by atoms with van der Waals surface area (Å²) in [6.45, 7) is -1.52. The molecule has 0 aromatic heterocycles. The number of aliphatic hydroxyl groups excluding tert-OH is 1. The average molecular weight is 294 g/mol. The number of rotatable bonds is 7.